The second kappa shape index (κ2) is 8.36. The average molecular weight is 322 g/mol. The van der Waals surface area contributed by atoms with Crippen molar-refractivity contribution in [2.24, 2.45) is 5.73 Å². The molecule has 2 rings (SSSR count). The molecule has 0 atom stereocenters. The molecule has 0 unspecified atom stereocenters. The van der Waals surface area contributed by atoms with Gasteiger partial charge >= 0.3 is 6.03 Å². The number of hydrogen-bond acceptors (Lipinski definition) is 3. The highest BCUT2D eigenvalue weighted by Gasteiger charge is 2.20. The molecule has 1 heterocycles. The minimum Gasteiger partial charge on any atom is -0.368 e. The van der Waals surface area contributed by atoms with E-state index in [4.69, 9.17) is 5.73 Å². The highest BCUT2D eigenvalue weighted by Crippen LogP contribution is 2.17. The first-order valence-electron chi connectivity index (χ1n) is 7.88. The molecule has 0 spiro atoms. The van der Waals surface area contributed by atoms with Gasteiger partial charge in [0.25, 0.3) is 0 Å². The first-order valence-corrected chi connectivity index (χ1v) is 7.88. The van der Waals surface area contributed by atoms with Crippen molar-refractivity contribution >= 4 is 17.6 Å². The number of halogens is 1. The molecule has 23 heavy (non-hydrogen) atoms. The second-order valence-corrected chi connectivity index (χ2v) is 5.59. The molecule has 1 aliphatic rings. The Kier molecular flexibility index (Phi) is 6.19. The minimum atomic E-state index is -0.534. The largest absolute Gasteiger partial charge is 0.368 e. The lowest BCUT2D eigenvalue weighted by Gasteiger charge is -2.36. The predicted molar refractivity (Wildman–Crippen MR) is 86.6 cm³/mol. The zero-order valence-electron chi connectivity index (χ0n) is 13.1. The lowest BCUT2D eigenvalue weighted by atomic mass is 10.2. The lowest BCUT2D eigenvalue weighted by Crippen LogP contribution is -2.48. The molecule has 7 heteroatoms. The van der Waals surface area contributed by atoms with Crippen LogP contribution >= 0.6 is 0 Å². The van der Waals surface area contributed by atoms with Crippen LogP contribution < -0.4 is 16.0 Å². The summed E-state index contributed by atoms with van der Waals surface area (Å²) in [5, 5.41) is 2.51. The van der Waals surface area contributed by atoms with Gasteiger partial charge in [0.05, 0.1) is 0 Å². The normalized spacial score (nSPS) is 14.7. The van der Waals surface area contributed by atoms with Gasteiger partial charge in [0.2, 0.25) is 5.91 Å². The fourth-order valence-corrected chi connectivity index (χ4v) is 2.64. The number of carbonyl (C=O) groups is 2. The molecule has 1 fully saturated rings. The molecule has 6 nitrogen and oxygen atoms in total. The Bertz CT molecular complexity index is 527. The Labute approximate surface area is 135 Å². The van der Waals surface area contributed by atoms with Gasteiger partial charge in [-0.1, -0.05) is 0 Å². The molecule has 0 saturated carbocycles. The number of unbranched alkanes of at least 4 members (excludes halogenated alkanes) is 1. The number of piperazine rings is 1. The van der Waals surface area contributed by atoms with Gasteiger partial charge in [-0.05, 0) is 37.1 Å². The van der Waals surface area contributed by atoms with Crippen molar-refractivity contribution in [3.05, 3.63) is 30.1 Å². The van der Waals surface area contributed by atoms with Crippen LogP contribution in [0, 0.1) is 5.82 Å². The van der Waals surface area contributed by atoms with Crippen LogP contribution in [-0.4, -0.2) is 49.6 Å². The van der Waals surface area contributed by atoms with Crippen LogP contribution in [0.4, 0.5) is 14.9 Å². The number of nitrogens with zero attached hydrogens (tertiary/aromatic N) is 2. The Balaban J connectivity index is 1.68. The summed E-state index contributed by atoms with van der Waals surface area (Å²) in [6.45, 7) is 3.35. The molecule has 0 aromatic heterocycles. The van der Waals surface area contributed by atoms with Crippen LogP contribution in [0.5, 0.6) is 0 Å². The third-order valence-electron chi connectivity index (χ3n) is 3.94. The maximum atomic E-state index is 12.9. The molecule has 1 aromatic rings. The van der Waals surface area contributed by atoms with E-state index in [1.54, 1.807) is 12.1 Å². The Hall–Kier alpha value is -2.31. The van der Waals surface area contributed by atoms with Crippen LogP contribution in [0.15, 0.2) is 24.3 Å². The molecular formula is C16H23FN4O2. The molecule has 1 aromatic carbocycles. The summed E-state index contributed by atoms with van der Waals surface area (Å²) in [6, 6.07) is 5.89. The summed E-state index contributed by atoms with van der Waals surface area (Å²) < 4.78 is 12.9. The molecule has 3 N–H and O–H groups in total. The minimum absolute atomic E-state index is 0.142. The number of hydrogen-bond donors (Lipinski definition) is 2. The third kappa shape index (κ3) is 5.43. The summed E-state index contributed by atoms with van der Waals surface area (Å²) in [7, 11) is 0. The van der Waals surface area contributed by atoms with Gasteiger partial charge in [0.1, 0.15) is 5.82 Å². The summed E-state index contributed by atoms with van der Waals surface area (Å²) >= 11 is 0. The van der Waals surface area contributed by atoms with E-state index < -0.39 is 6.03 Å². The topological polar surface area (TPSA) is 78.7 Å². The van der Waals surface area contributed by atoms with Crippen LogP contribution in [0.1, 0.15) is 19.3 Å². The van der Waals surface area contributed by atoms with Gasteiger partial charge in [-0.25, -0.2) is 9.18 Å². The molecule has 126 valence electrons. The van der Waals surface area contributed by atoms with Crippen molar-refractivity contribution < 1.29 is 14.0 Å². The van der Waals surface area contributed by atoms with Crippen molar-refractivity contribution in [2.45, 2.75) is 19.3 Å². The van der Waals surface area contributed by atoms with E-state index in [1.165, 1.54) is 12.1 Å². The molecule has 0 aliphatic carbocycles. The smallest absolute Gasteiger partial charge is 0.312 e. The Morgan fingerprint density at radius 1 is 1.09 bits per heavy atom. The summed E-state index contributed by atoms with van der Waals surface area (Å²) in [6.07, 6.45) is 1.96. The van der Waals surface area contributed by atoms with Crippen LogP contribution in [-0.2, 0) is 4.79 Å². The van der Waals surface area contributed by atoms with Gasteiger partial charge < -0.3 is 20.9 Å². The lowest BCUT2D eigenvalue weighted by molar-refractivity contribution is -0.131. The monoisotopic (exact) mass is 322 g/mol. The van der Waals surface area contributed by atoms with E-state index in [1.807, 2.05) is 4.90 Å². The standard InChI is InChI=1S/C16H23FN4O2/c17-13-4-6-14(7-5-13)20-9-11-21(12-10-20)15(22)3-1-2-8-19-16(18)23/h4-7H,1-3,8-12H2,(H3,18,19,23). The van der Waals surface area contributed by atoms with Gasteiger partial charge in [-0.15, -0.1) is 0 Å². The molecular weight excluding hydrogens is 299 g/mol. The average Bonchev–Trinajstić information content (AvgIpc) is 2.55. The molecule has 3 amide bonds. The fraction of sp³-hybridized carbons (Fsp3) is 0.500. The van der Waals surface area contributed by atoms with Crippen LogP contribution in [0.2, 0.25) is 0 Å². The van der Waals surface area contributed by atoms with Gasteiger partial charge in [0, 0.05) is 44.8 Å². The molecule has 1 saturated heterocycles. The summed E-state index contributed by atoms with van der Waals surface area (Å²) in [5.74, 6) is -0.101. The third-order valence-corrected chi connectivity index (χ3v) is 3.94. The van der Waals surface area contributed by atoms with E-state index in [-0.39, 0.29) is 11.7 Å². The number of nitrogens with one attached hydrogen (secondary N) is 1. The summed E-state index contributed by atoms with van der Waals surface area (Å²) in [5.41, 5.74) is 5.95. The first-order chi connectivity index (χ1) is 11.1. The number of benzene rings is 1. The highest BCUT2D eigenvalue weighted by atomic mass is 19.1. The molecule has 0 bridgehead atoms. The van der Waals surface area contributed by atoms with Crippen molar-refractivity contribution in [1.29, 1.82) is 0 Å². The van der Waals surface area contributed by atoms with E-state index in [0.29, 0.717) is 26.1 Å². The first kappa shape index (κ1) is 17.1. The number of urea groups is 1. The highest BCUT2D eigenvalue weighted by molar-refractivity contribution is 5.76. The van der Waals surface area contributed by atoms with Crippen molar-refractivity contribution in [3.63, 3.8) is 0 Å². The van der Waals surface area contributed by atoms with Crippen molar-refractivity contribution in [2.75, 3.05) is 37.6 Å². The number of anilines is 1. The van der Waals surface area contributed by atoms with Crippen molar-refractivity contribution in [1.82, 2.24) is 10.2 Å². The number of amides is 3. The zero-order chi connectivity index (χ0) is 16.7. The van der Waals surface area contributed by atoms with E-state index in [2.05, 4.69) is 10.2 Å². The van der Waals surface area contributed by atoms with E-state index in [9.17, 15) is 14.0 Å². The summed E-state index contributed by atoms with van der Waals surface area (Å²) in [4.78, 5) is 26.7. The van der Waals surface area contributed by atoms with Crippen LogP contribution in [0.25, 0.3) is 0 Å². The zero-order valence-corrected chi connectivity index (χ0v) is 13.1. The van der Waals surface area contributed by atoms with E-state index >= 15 is 0 Å². The Morgan fingerprint density at radius 3 is 2.35 bits per heavy atom. The number of rotatable bonds is 6. The second-order valence-electron chi connectivity index (χ2n) is 5.59. The van der Waals surface area contributed by atoms with Crippen LogP contribution in [0.3, 0.4) is 0 Å². The van der Waals surface area contributed by atoms with Crippen molar-refractivity contribution in [3.8, 4) is 0 Å². The number of primary amides is 1. The predicted octanol–water partition coefficient (Wildman–Crippen LogP) is 1.31. The fourth-order valence-electron chi connectivity index (χ4n) is 2.64. The molecule has 0 radical (unpaired) electrons. The molecule has 1 aliphatic heterocycles. The van der Waals surface area contributed by atoms with Gasteiger partial charge in [-0.3, -0.25) is 4.79 Å². The maximum Gasteiger partial charge on any atom is 0.312 e. The Morgan fingerprint density at radius 2 is 1.74 bits per heavy atom. The number of nitrogens with two attached hydrogens (primary N) is 1. The van der Waals surface area contributed by atoms with E-state index in [0.717, 1.165) is 31.6 Å². The SMILES string of the molecule is NC(=O)NCCCCC(=O)N1CCN(c2ccc(F)cc2)CC1. The van der Waals surface area contributed by atoms with Gasteiger partial charge in [0.15, 0.2) is 0 Å². The maximum absolute atomic E-state index is 12.9. The number of carbonyl (C=O) groups excluding carboxylic acids is 2. The van der Waals surface area contributed by atoms with Gasteiger partial charge in [-0.2, -0.15) is 0 Å². The quantitative estimate of drug-likeness (QED) is 0.775.